The van der Waals surface area contributed by atoms with Crippen molar-refractivity contribution in [1.82, 2.24) is 10.3 Å². The lowest BCUT2D eigenvalue weighted by atomic mass is 9.74. The Morgan fingerprint density at radius 3 is 2.47 bits per heavy atom. The maximum Gasteiger partial charge on any atom is 0.287 e. The average molecular weight is 626 g/mol. The summed E-state index contributed by atoms with van der Waals surface area (Å²) < 4.78 is 4.71. The molecule has 0 spiro atoms. The molecule has 5 rings (SSSR count). The van der Waals surface area contributed by atoms with Crippen molar-refractivity contribution in [1.29, 1.82) is 0 Å². The zero-order valence-electron chi connectivity index (χ0n) is 23.3. The Morgan fingerprint density at radius 2 is 1.81 bits per heavy atom. The Hall–Kier alpha value is -4.14. The Labute approximate surface area is 253 Å². The zero-order valence-corrected chi connectivity index (χ0v) is 24.9. The van der Waals surface area contributed by atoms with E-state index in [2.05, 4.69) is 10.3 Å². The van der Waals surface area contributed by atoms with E-state index in [1.54, 1.807) is 0 Å². The number of amides is 1. The first-order chi connectivity index (χ1) is 20.3. The molecule has 3 aromatic rings. The van der Waals surface area contributed by atoms with E-state index in [-0.39, 0.29) is 70.6 Å². The first-order valence-corrected chi connectivity index (χ1v) is 15.3. The molecule has 0 fully saturated rings. The largest absolute Gasteiger partial charge is 0.507 e. The number of nitro groups is 1. The van der Waals surface area contributed by atoms with Gasteiger partial charge in [0.15, 0.2) is 5.78 Å². The number of hydrogen-bond donors (Lipinski definition) is 4. The predicted octanol–water partition coefficient (Wildman–Crippen LogP) is 3.74. The maximum atomic E-state index is 13.4. The lowest BCUT2D eigenvalue weighted by Crippen LogP contribution is -2.52. The van der Waals surface area contributed by atoms with E-state index in [0.29, 0.717) is 5.03 Å². The fraction of sp³-hybridized carbons (Fsp3) is 0.310. The van der Waals surface area contributed by atoms with Crippen molar-refractivity contribution in [2.24, 2.45) is 0 Å². The number of hydrogen-bond acceptors (Lipinski definition) is 12. The maximum absolute atomic E-state index is 13.4. The van der Waals surface area contributed by atoms with Gasteiger partial charge in [0.25, 0.3) is 11.6 Å². The number of fused-ring (bicyclic) bond motifs is 3. The third-order valence-electron chi connectivity index (χ3n) is 7.47. The standard InChI is InChI=1S/C29H27N3O9S2/c1-28(2,43-42-19-8-7-14(12-30-19)32(39)40)13-31-27(37)29(38)10-9-15-17(11-29)25(35)21-22(23(15)33)26(36)20-16(24(21)34)5-4-6-18(20)41-3/h4-8,12,33,35,38H,9-11,13H2,1-3H3,(H,31,37)/t29-/m1/s1. The van der Waals surface area contributed by atoms with Crippen LogP contribution in [0.4, 0.5) is 5.69 Å². The molecule has 0 bridgehead atoms. The number of rotatable bonds is 8. The fourth-order valence-corrected chi connectivity index (χ4v) is 7.26. The number of ether oxygens (including phenoxy) is 1. The summed E-state index contributed by atoms with van der Waals surface area (Å²) in [4.78, 5) is 54.5. The summed E-state index contributed by atoms with van der Waals surface area (Å²) in [5.41, 5.74) is -2.56. The minimum atomic E-state index is -1.96. The SMILES string of the molecule is COc1cccc2c1C(=O)c1c(O)c3c(c(O)c1C2=O)C[C@@](O)(C(=O)NCC(C)(C)SSc1ccc([N+](=O)[O-])cn1)CC3. The van der Waals surface area contributed by atoms with Gasteiger partial charge in [-0.05, 0) is 49.6 Å². The number of phenols is 2. The zero-order chi connectivity index (χ0) is 31.3. The molecule has 0 radical (unpaired) electrons. The minimum absolute atomic E-state index is 0.00755. The molecule has 43 heavy (non-hydrogen) atoms. The number of phenolic OH excluding ortho intramolecular Hbond substituents is 2. The van der Waals surface area contributed by atoms with Gasteiger partial charge in [0, 0.05) is 40.5 Å². The van der Waals surface area contributed by atoms with E-state index in [1.165, 1.54) is 59.0 Å². The number of nitrogens with zero attached hydrogens (tertiary/aromatic N) is 2. The van der Waals surface area contributed by atoms with Crippen LogP contribution < -0.4 is 10.1 Å². The molecular formula is C29H27N3O9S2. The van der Waals surface area contributed by atoms with Crippen molar-refractivity contribution < 1.29 is 39.4 Å². The highest BCUT2D eigenvalue weighted by Gasteiger charge is 2.46. The first kappa shape index (κ1) is 30.3. The third kappa shape index (κ3) is 5.41. The van der Waals surface area contributed by atoms with Gasteiger partial charge in [-0.25, -0.2) is 4.98 Å². The van der Waals surface area contributed by atoms with Gasteiger partial charge in [-0.1, -0.05) is 22.9 Å². The molecule has 1 heterocycles. The monoisotopic (exact) mass is 625 g/mol. The number of benzene rings is 2. The summed E-state index contributed by atoms with van der Waals surface area (Å²) in [5.74, 6) is -2.90. The summed E-state index contributed by atoms with van der Waals surface area (Å²) in [6.07, 6.45) is 0.639. The molecule has 0 saturated heterocycles. The molecule has 0 aliphatic heterocycles. The Balaban J connectivity index is 1.33. The Morgan fingerprint density at radius 1 is 1.12 bits per heavy atom. The molecule has 1 atom stereocenters. The van der Waals surface area contributed by atoms with Crippen LogP contribution in [-0.4, -0.2) is 66.7 Å². The van der Waals surface area contributed by atoms with E-state index < -0.39 is 44.2 Å². The van der Waals surface area contributed by atoms with Crippen LogP contribution in [0, 0.1) is 10.1 Å². The molecule has 4 N–H and O–H groups in total. The quantitative estimate of drug-likeness (QED) is 0.0962. The number of methoxy groups -OCH3 is 1. The third-order valence-corrected chi connectivity index (χ3v) is 10.7. The van der Waals surface area contributed by atoms with Gasteiger partial charge < -0.3 is 25.4 Å². The lowest BCUT2D eigenvalue weighted by Gasteiger charge is -2.35. The minimum Gasteiger partial charge on any atom is -0.507 e. The number of pyridine rings is 1. The molecule has 14 heteroatoms. The molecule has 0 saturated carbocycles. The van der Waals surface area contributed by atoms with E-state index >= 15 is 0 Å². The van der Waals surface area contributed by atoms with Gasteiger partial charge in [-0.3, -0.25) is 24.5 Å². The van der Waals surface area contributed by atoms with E-state index in [1.807, 2.05) is 13.8 Å². The first-order valence-electron chi connectivity index (χ1n) is 13.1. The van der Waals surface area contributed by atoms with Gasteiger partial charge in [0.2, 0.25) is 5.78 Å². The highest BCUT2D eigenvalue weighted by atomic mass is 33.1. The van der Waals surface area contributed by atoms with Crippen molar-refractivity contribution in [3.8, 4) is 17.2 Å². The number of ketones is 2. The van der Waals surface area contributed by atoms with E-state index in [0.717, 1.165) is 6.20 Å². The second-order valence-electron chi connectivity index (χ2n) is 10.9. The summed E-state index contributed by atoms with van der Waals surface area (Å²) in [5, 5.41) is 47.9. The second-order valence-corrected chi connectivity index (χ2v) is 13.7. The van der Waals surface area contributed by atoms with Gasteiger partial charge in [-0.15, -0.1) is 0 Å². The molecular weight excluding hydrogens is 598 g/mol. The van der Waals surface area contributed by atoms with E-state index in [4.69, 9.17) is 4.74 Å². The smallest absolute Gasteiger partial charge is 0.287 e. The summed E-state index contributed by atoms with van der Waals surface area (Å²) in [6, 6.07) is 7.36. The highest BCUT2D eigenvalue weighted by molar-refractivity contribution is 8.77. The number of carbonyl (C=O) groups excluding carboxylic acids is 3. The molecule has 1 aromatic heterocycles. The van der Waals surface area contributed by atoms with Crippen LogP contribution in [0.3, 0.4) is 0 Å². The van der Waals surface area contributed by atoms with Crippen molar-refractivity contribution in [3.63, 3.8) is 0 Å². The second kappa shape index (κ2) is 11.2. The van der Waals surface area contributed by atoms with Crippen LogP contribution in [-0.2, 0) is 17.6 Å². The number of aliphatic hydroxyl groups is 1. The molecule has 2 aliphatic rings. The topological polar surface area (TPSA) is 189 Å². The average Bonchev–Trinajstić information content (AvgIpc) is 2.99. The van der Waals surface area contributed by atoms with Gasteiger partial charge in [0.05, 0.1) is 28.7 Å². The summed E-state index contributed by atoms with van der Waals surface area (Å²) >= 11 is 0. The molecule has 224 valence electrons. The predicted molar refractivity (Wildman–Crippen MR) is 158 cm³/mol. The van der Waals surface area contributed by atoms with Crippen molar-refractivity contribution in [3.05, 3.63) is 80.0 Å². The van der Waals surface area contributed by atoms with Crippen molar-refractivity contribution in [2.75, 3.05) is 13.7 Å². The van der Waals surface area contributed by atoms with Crippen LogP contribution in [0.1, 0.15) is 63.2 Å². The van der Waals surface area contributed by atoms with Gasteiger partial charge >= 0.3 is 0 Å². The molecule has 2 aromatic carbocycles. The number of carbonyl (C=O) groups is 3. The number of aromatic hydroxyl groups is 2. The van der Waals surface area contributed by atoms with Gasteiger partial charge in [-0.2, -0.15) is 0 Å². The van der Waals surface area contributed by atoms with Gasteiger partial charge in [0.1, 0.15) is 34.1 Å². The number of aromatic nitrogens is 1. The Bertz CT molecular complexity index is 1690. The Kier molecular flexibility index (Phi) is 7.88. The molecule has 12 nitrogen and oxygen atoms in total. The highest BCUT2D eigenvalue weighted by Crippen LogP contribution is 2.48. The summed E-state index contributed by atoms with van der Waals surface area (Å²) in [7, 11) is 4.01. The van der Waals surface area contributed by atoms with Crippen LogP contribution in [0.2, 0.25) is 0 Å². The summed E-state index contributed by atoms with van der Waals surface area (Å²) in [6.45, 7) is 3.86. The van der Waals surface area contributed by atoms with E-state index in [9.17, 15) is 39.8 Å². The number of nitrogens with one attached hydrogen (secondary N) is 1. The van der Waals surface area contributed by atoms with Crippen LogP contribution in [0.15, 0.2) is 41.6 Å². The van der Waals surface area contributed by atoms with Crippen molar-refractivity contribution >= 4 is 44.7 Å². The molecule has 1 amide bonds. The van der Waals surface area contributed by atoms with Crippen molar-refractivity contribution in [2.45, 2.75) is 48.5 Å². The normalized spacial score (nSPS) is 17.5. The fourth-order valence-electron chi connectivity index (χ4n) is 5.19. The molecule has 0 unspecified atom stereocenters. The molecule has 2 aliphatic carbocycles. The van der Waals surface area contributed by atoms with Crippen LogP contribution in [0.25, 0.3) is 0 Å². The van der Waals surface area contributed by atoms with Crippen LogP contribution >= 0.6 is 21.6 Å². The lowest BCUT2D eigenvalue weighted by molar-refractivity contribution is -0.385. The van der Waals surface area contributed by atoms with Crippen LogP contribution in [0.5, 0.6) is 17.2 Å².